The molecule has 110 valence electrons. The second kappa shape index (κ2) is 6.22. The molecule has 1 aromatic carbocycles. The fraction of sp³-hybridized carbons (Fsp3) is 0.118. The van der Waals surface area contributed by atoms with E-state index in [2.05, 4.69) is 15.0 Å². The van der Waals surface area contributed by atoms with Gasteiger partial charge in [-0.05, 0) is 24.3 Å². The van der Waals surface area contributed by atoms with Gasteiger partial charge >= 0.3 is 0 Å². The summed E-state index contributed by atoms with van der Waals surface area (Å²) in [5, 5.41) is 0. The van der Waals surface area contributed by atoms with Gasteiger partial charge in [-0.3, -0.25) is 4.98 Å². The van der Waals surface area contributed by atoms with E-state index in [9.17, 15) is 0 Å². The number of hydrogen-bond donors (Lipinski definition) is 0. The molecule has 5 heteroatoms. The lowest BCUT2D eigenvalue weighted by atomic mass is 10.2. The van der Waals surface area contributed by atoms with Crippen LogP contribution in [0.25, 0.3) is 11.3 Å². The van der Waals surface area contributed by atoms with Gasteiger partial charge in [-0.2, -0.15) is 0 Å². The molecule has 2 aromatic heterocycles. The van der Waals surface area contributed by atoms with E-state index in [0.717, 1.165) is 16.9 Å². The molecule has 0 saturated heterocycles. The van der Waals surface area contributed by atoms with Gasteiger partial charge in [-0.1, -0.05) is 18.2 Å². The van der Waals surface area contributed by atoms with Crippen LogP contribution in [-0.4, -0.2) is 29.1 Å². The molecule has 0 fully saturated rings. The maximum absolute atomic E-state index is 5.21. The summed E-state index contributed by atoms with van der Waals surface area (Å²) in [5.41, 5.74) is 2.73. The van der Waals surface area contributed by atoms with Crippen LogP contribution >= 0.6 is 0 Å². The number of para-hydroxylation sites is 1. The van der Waals surface area contributed by atoms with Gasteiger partial charge in [0.1, 0.15) is 5.75 Å². The molecule has 0 spiro atoms. The van der Waals surface area contributed by atoms with Crippen molar-refractivity contribution in [2.45, 2.75) is 0 Å². The van der Waals surface area contributed by atoms with Gasteiger partial charge < -0.3 is 9.64 Å². The molecule has 5 nitrogen and oxygen atoms in total. The predicted octanol–water partition coefficient (Wildman–Crippen LogP) is 3.32. The number of methoxy groups -OCH3 is 1. The lowest BCUT2D eigenvalue weighted by Gasteiger charge is -2.17. The molecular formula is C17H16N4O. The first-order valence-corrected chi connectivity index (χ1v) is 6.89. The Labute approximate surface area is 129 Å². The Morgan fingerprint density at radius 2 is 1.86 bits per heavy atom. The van der Waals surface area contributed by atoms with Crippen LogP contribution in [0.3, 0.4) is 0 Å². The number of nitrogens with zero attached hydrogens (tertiary/aromatic N) is 4. The number of ether oxygens (including phenoxy) is 1. The molecule has 0 bridgehead atoms. The Bertz CT molecular complexity index is 761. The first kappa shape index (κ1) is 14.0. The second-order valence-electron chi connectivity index (χ2n) is 4.75. The summed E-state index contributed by atoms with van der Waals surface area (Å²) in [7, 11) is 3.56. The highest BCUT2D eigenvalue weighted by Crippen LogP contribution is 2.24. The number of hydrogen-bond acceptors (Lipinski definition) is 5. The molecule has 0 radical (unpaired) electrons. The third kappa shape index (κ3) is 2.88. The molecule has 0 atom stereocenters. The van der Waals surface area contributed by atoms with Gasteiger partial charge in [-0.15, -0.1) is 0 Å². The normalized spacial score (nSPS) is 10.3. The van der Waals surface area contributed by atoms with E-state index >= 15 is 0 Å². The standard InChI is InChI=1S/C17H16N4O/c1-21(14-6-4-3-5-7-14)17-19-9-8-16(20-17)13-10-15(22-2)12-18-11-13/h3-12H,1-2H3. The van der Waals surface area contributed by atoms with E-state index < -0.39 is 0 Å². The lowest BCUT2D eigenvalue weighted by molar-refractivity contribution is 0.413. The van der Waals surface area contributed by atoms with Gasteiger partial charge in [0.05, 0.1) is 19.0 Å². The topological polar surface area (TPSA) is 51.1 Å². The van der Waals surface area contributed by atoms with E-state index in [0.29, 0.717) is 11.7 Å². The Kier molecular flexibility index (Phi) is 3.96. The minimum absolute atomic E-state index is 0.631. The summed E-state index contributed by atoms with van der Waals surface area (Å²) in [6.07, 6.45) is 5.18. The Balaban J connectivity index is 1.95. The minimum Gasteiger partial charge on any atom is -0.495 e. The zero-order valence-corrected chi connectivity index (χ0v) is 12.5. The molecule has 22 heavy (non-hydrogen) atoms. The minimum atomic E-state index is 0.631. The summed E-state index contributed by atoms with van der Waals surface area (Å²) < 4.78 is 5.21. The summed E-state index contributed by atoms with van der Waals surface area (Å²) >= 11 is 0. The van der Waals surface area contributed by atoms with Crippen molar-refractivity contribution >= 4 is 11.6 Å². The van der Waals surface area contributed by atoms with E-state index in [1.807, 2.05) is 54.4 Å². The quantitative estimate of drug-likeness (QED) is 0.738. The maximum atomic E-state index is 5.21. The number of aromatic nitrogens is 3. The molecule has 0 aliphatic rings. The van der Waals surface area contributed by atoms with Crippen LogP contribution < -0.4 is 9.64 Å². The van der Waals surface area contributed by atoms with E-state index in [1.54, 1.807) is 25.7 Å². The van der Waals surface area contributed by atoms with E-state index in [4.69, 9.17) is 4.74 Å². The van der Waals surface area contributed by atoms with Crippen molar-refractivity contribution in [1.29, 1.82) is 0 Å². The summed E-state index contributed by atoms with van der Waals surface area (Å²) in [6.45, 7) is 0. The molecule has 0 amide bonds. The average molecular weight is 292 g/mol. The monoisotopic (exact) mass is 292 g/mol. The van der Waals surface area contributed by atoms with Gasteiger partial charge in [0.2, 0.25) is 5.95 Å². The SMILES string of the molecule is COc1cncc(-c2ccnc(N(C)c3ccccc3)n2)c1. The van der Waals surface area contributed by atoms with Crippen molar-refractivity contribution in [2.24, 2.45) is 0 Å². The van der Waals surface area contributed by atoms with Crippen LogP contribution in [0.15, 0.2) is 61.1 Å². The van der Waals surface area contributed by atoms with Crippen LogP contribution in [-0.2, 0) is 0 Å². The molecular weight excluding hydrogens is 276 g/mol. The third-order valence-corrected chi connectivity index (χ3v) is 3.33. The third-order valence-electron chi connectivity index (χ3n) is 3.33. The van der Waals surface area contributed by atoms with Crippen LogP contribution in [0, 0.1) is 0 Å². The Morgan fingerprint density at radius 3 is 2.64 bits per heavy atom. The molecule has 0 N–H and O–H groups in total. The number of pyridine rings is 1. The first-order chi connectivity index (χ1) is 10.8. The molecule has 0 aliphatic carbocycles. The summed E-state index contributed by atoms with van der Waals surface area (Å²) in [5.74, 6) is 1.33. The van der Waals surface area contributed by atoms with Crippen molar-refractivity contribution in [3.8, 4) is 17.0 Å². The highest BCUT2D eigenvalue weighted by molar-refractivity contribution is 5.63. The van der Waals surface area contributed by atoms with Crippen molar-refractivity contribution in [3.05, 3.63) is 61.1 Å². The van der Waals surface area contributed by atoms with Gasteiger partial charge in [0, 0.05) is 30.7 Å². The fourth-order valence-electron chi connectivity index (χ4n) is 2.11. The van der Waals surface area contributed by atoms with Crippen LogP contribution in [0.2, 0.25) is 0 Å². The van der Waals surface area contributed by atoms with Crippen LogP contribution in [0.4, 0.5) is 11.6 Å². The summed E-state index contributed by atoms with van der Waals surface area (Å²) in [6, 6.07) is 13.8. The smallest absolute Gasteiger partial charge is 0.230 e. The van der Waals surface area contributed by atoms with E-state index in [1.165, 1.54) is 0 Å². The zero-order chi connectivity index (χ0) is 15.4. The fourth-order valence-corrected chi connectivity index (χ4v) is 2.11. The predicted molar refractivity (Wildman–Crippen MR) is 86.3 cm³/mol. The average Bonchev–Trinajstić information content (AvgIpc) is 2.62. The molecule has 0 unspecified atom stereocenters. The number of rotatable bonds is 4. The van der Waals surface area contributed by atoms with Crippen molar-refractivity contribution in [2.75, 3.05) is 19.1 Å². The first-order valence-electron chi connectivity index (χ1n) is 6.89. The number of benzene rings is 1. The second-order valence-corrected chi connectivity index (χ2v) is 4.75. The maximum Gasteiger partial charge on any atom is 0.230 e. The van der Waals surface area contributed by atoms with Crippen molar-refractivity contribution < 1.29 is 4.74 Å². The largest absolute Gasteiger partial charge is 0.495 e. The van der Waals surface area contributed by atoms with Gasteiger partial charge in [0.15, 0.2) is 0 Å². The molecule has 0 aliphatic heterocycles. The summed E-state index contributed by atoms with van der Waals surface area (Å²) in [4.78, 5) is 15.1. The molecule has 3 aromatic rings. The number of anilines is 2. The van der Waals surface area contributed by atoms with Gasteiger partial charge in [0.25, 0.3) is 0 Å². The van der Waals surface area contributed by atoms with Crippen LogP contribution in [0.5, 0.6) is 5.75 Å². The van der Waals surface area contributed by atoms with Crippen LogP contribution in [0.1, 0.15) is 0 Å². The molecule has 2 heterocycles. The molecule has 0 saturated carbocycles. The Morgan fingerprint density at radius 1 is 1.05 bits per heavy atom. The lowest BCUT2D eigenvalue weighted by Crippen LogP contribution is -2.13. The zero-order valence-electron chi connectivity index (χ0n) is 12.5. The molecule has 3 rings (SSSR count). The Hall–Kier alpha value is -2.95. The van der Waals surface area contributed by atoms with E-state index in [-0.39, 0.29) is 0 Å². The van der Waals surface area contributed by atoms with Crippen molar-refractivity contribution in [1.82, 2.24) is 15.0 Å². The highest BCUT2D eigenvalue weighted by atomic mass is 16.5. The van der Waals surface area contributed by atoms with Gasteiger partial charge in [-0.25, -0.2) is 9.97 Å². The highest BCUT2D eigenvalue weighted by Gasteiger charge is 2.09. The van der Waals surface area contributed by atoms with Crippen molar-refractivity contribution in [3.63, 3.8) is 0 Å².